The molecule has 52 valence electrons. The van der Waals surface area contributed by atoms with E-state index in [1.165, 1.54) is 25.7 Å². The van der Waals surface area contributed by atoms with Crippen molar-refractivity contribution < 1.29 is 0 Å². The Hall–Kier alpha value is 0.290. The molecule has 0 amide bonds. The van der Waals surface area contributed by atoms with Gasteiger partial charge in [-0.1, -0.05) is 6.92 Å². The zero-order chi connectivity index (χ0) is 6.48. The molecule has 2 aliphatic rings. The van der Waals surface area contributed by atoms with E-state index < -0.39 is 0 Å². The monoisotopic (exact) mass is 144 g/mol. The summed E-state index contributed by atoms with van der Waals surface area (Å²) >= 11 is 6.15. The molecule has 3 atom stereocenters. The van der Waals surface area contributed by atoms with Crippen LogP contribution in [-0.4, -0.2) is 5.38 Å². The summed E-state index contributed by atoms with van der Waals surface area (Å²) < 4.78 is 0. The van der Waals surface area contributed by atoms with Crippen molar-refractivity contribution in [1.29, 1.82) is 0 Å². The number of alkyl halides is 1. The lowest BCUT2D eigenvalue weighted by molar-refractivity contribution is 0.340. The van der Waals surface area contributed by atoms with Crippen molar-refractivity contribution in [3.8, 4) is 0 Å². The van der Waals surface area contributed by atoms with E-state index in [4.69, 9.17) is 11.6 Å². The SMILES string of the molecule is C[C@@]12CC[C@H](C[C@@H]1Cl)C2. The molecule has 0 N–H and O–H groups in total. The minimum Gasteiger partial charge on any atom is -0.122 e. The van der Waals surface area contributed by atoms with E-state index in [1.54, 1.807) is 0 Å². The Morgan fingerprint density at radius 1 is 1.56 bits per heavy atom. The van der Waals surface area contributed by atoms with Crippen molar-refractivity contribution >= 4 is 11.6 Å². The van der Waals surface area contributed by atoms with Gasteiger partial charge in [-0.25, -0.2) is 0 Å². The molecular formula is C8H13Cl. The van der Waals surface area contributed by atoms with Crippen LogP contribution in [0.3, 0.4) is 0 Å². The minimum absolute atomic E-state index is 0.497. The third-order valence-corrected chi connectivity index (χ3v) is 3.88. The second-order valence-corrected chi connectivity index (χ2v) is 4.49. The highest BCUT2D eigenvalue weighted by Gasteiger charge is 2.47. The molecular weight excluding hydrogens is 132 g/mol. The zero-order valence-electron chi connectivity index (χ0n) is 5.86. The quantitative estimate of drug-likeness (QED) is 0.459. The smallest absolute Gasteiger partial charge is 0.0392 e. The third-order valence-electron chi connectivity index (χ3n) is 3.18. The Labute approximate surface area is 61.6 Å². The van der Waals surface area contributed by atoms with Gasteiger partial charge >= 0.3 is 0 Å². The van der Waals surface area contributed by atoms with Gasteiger partial charge in [0.1, 0.15) is 0 Å². The van der Waals surface area contributed by atoms with Crippen molar-refractivity contribution in [2.75, 3.05) is 0 Å². The van der Waals surface area contributed by atoms with Gasteiger partial charge in [0, 0.05) is 5.38 Å². The fourth-order valence-electron chi connectivity index (χ4n) is 2.46. The van der Waals surface area contributed by atoms with E-state index in [0.717, 1.165) is 5.92 Å². The number of fused-ring (bicyclic) bond motifs is 2. The molecule has 2 aliphatic carbocycles. The minimum atomic E-state index is 0.497. The fourth-order valence-corrected chi connectivity index (χ4v) is 2.91. The first kappa shape index (κ1) is 6.03. The first-order valence-corrected chi connectivity index (χ1v) is 4.28. The predicted octanol–water partition coefficient (Wildman–Crippen LogP) is 2.80. The van der Waals surface area contributed by atoms with E-state index in [1.807, 2.05) is 0 Å². The predicted molar refractivity (Wildman–Crippen MR) is 39.7 cm³/mol. The van der Waals surface area contributed by atoms with E-state index in [2.05, 4.69) is 6.92 Å². The summed E-state index contributed by atoms with van der Waals surface area (Å²) in [6.07, 6.45) is 5.52. The first-order valence-electron chi connectivity index (χ1n) is 3.85. The van der Waals surface area contributed by atoms with Gasteiger partial charge in [0.15, 0.2) is 0 Å². The molecule has 0 spiro atoms. The van der Waals surface area contributed by atoms with Crippen LogP contribution in [0.4, 0.5) is 0 Å². The molecule has 2 saturated carbocycles. The largest absolute Gasteiger partial charge is 0.122 e. The summed E-state index contributed by atoms with van der Waals surface area (Å²) in [4.78, 5) is 0. The number of hydrogen-bond donors (Lipinski definition) is 0. The summed E-state index contributed by atoms with van der Waals surface area (Å²) in [6, 6.07) is 0. The van der Waals surface area contributed by atoms with Gasteiger partial charge in [-0.2, -0.15) is 0 Å². The molecule has 0 aromatic carbocycles. The van der Waals surface area contributed by atoms with Gasteiger partial charge in [-0.15, -0.1) is 11.6 Å². The molecule has 2 bridgehead atoms. The van der Waals surface area contributed by atoms with Crippen molar-refractivity contribution in [3.05, 3.63) is 0 Å². The second-order valence-electron chi connectivity index (χ2n) is 3.97. The lowest BCUT2D eigenvalue weighted by atomic mass is 9.86. The number of hydrogen-bond acceptors (Lipinski definition) is 0. The molecule has 0 saturated heterocycles. The third kappa shape index (κ3) is 0.724. The topological polar surface area (TPSA) is 0 Å². The van der Waals surface area contributed by atoms with Crippen LogP contribution in [0, 0.1) is 11.3 Å². The molecule has 0 aromatic heterocycles. The number of halogens is 1. The van der Waals surface area contributed by atoms with Gasteiger partial charge in [-0.3, -0.25) is 0 Å². The molecule has 0 aliphatic heterocycles. The zero-order valence-corrected chi connectivity index (χ0v) is 6.62. The molecule has 0 unspecified atom stereocenters. The van der Waals surface area contributed by atoms with E-state index in [9.17, 15) is 0 Å². The highest BCUT2D eigenvalue weighted by atomic mass is 35.5. The summed E-state index contributed by atoms with van der Waals surface area (Å²) in [7, 11) is 0. The normalized spacial score (nSPS) is 56.7. The molecule has 2 fully saturated rings. The average Bonchev–Trinajstić information content (AvgIpc) is 2.22. The van der Waals surface area contributed by atoms with Crippen LogP contribution in [0.5, 0.6) is 0 Å². The maximum atomic E-state index is 6.15. The molecule has 0 nitrogen and oxygen atoms in total. The van der Waals surface area contributed by atoms with Crippen LogP contribution in [0.2, 0.25) is 0 Å². The van der Waals surface area contributed by atoms with E-state index in [0.29, 0.717) is 10.8 Å². The maximum Gasteiger partial charge on any atom is 0.0392 e. The lowest BCUT2D eigenvalue weighted by Crippen LogP contribution is -2.21. The molecule has 9 heavy (non-hydrogen) atoms. The highest BCUT2D eigenvalue weighted by molar-refractivity contribution is 6.21. The van der Waals surface area contributed by atoms with Gasteiger partial charge in [-0.05, 0) is 37.0 Å². The fraction of sp³-hybridized carbons (Fsp3) is 1.00. The van der Waals surface area contributed by atoms with Crippen LogP contribution < -0.4 is 0 Å². The van der Waals surface area contributed by atoms with Crippen LogP contribution in [-0.2, 0) is 0 Å². The van der Waals surface area contributed by atoms with Crippen molar-refractivity contribution in [3.63, 3.8) is 0 Å². The molecule has 0 radical (unpaired) electrons. The summed E-state index contributed by atoms with van der Waals surface area (Å²) in [6.45, 7) is 2.34. The van der Waals surface area contributed by atoms with Crippen molar-refractivity contribution in [2.24, 2.45) is 11.3 Å². The Balaban J connectivity index is 2.22. The Bertz CT molecular complexity index is 133. The van der Waals surface area contributed by atoms with Gasteiger partial charge in [0.05, 0.1) is 0 Å². The van der Waals surface area contributed by atoms with Gasteiger partial charge < -0.3 is 0 Å². The first-order chi connectivity index (χ1) is 4.21. The number of rotatable bonds is 0. The molecule has 1 heteroatoms. The second kappa shape index (κ2) is 1.66. The van der Waals surface area contributed by atoms with Gasteiger partial charge in [0.2, 0.25) is 0 Å². The van der Waals surface area contributed by atoms with Crippen molar-refractivity contribution in [2.45, 2.75) is 38.0 Å². The van der Waals surface area contributed by atoms with E-state index in [-0.39, 0.29) is 0 Å². The summed E-state index contributed by atoms with van der Waals surface area (Å²) in [5.41, 5.74) is 0.534. The lowest BCUT2D eigenvalue weighted by Gasteiger charge is -2.25. The highest BCUT2D eigenvalue weighted by Crippen LogP contribution is 2.55. The molecule has 0 heterocycles. The van der Waals surface area contributed by atoms with Crippen molar-refractivity contribution in [1.82, 2.24) is 0 Å². The van der Waals surface area contributed by atoms with Crippen LogP contribution in [0.15, 0.2) is 0 Å². The van der Waals surface area contributed by atoms with Crippen LogP contribution in [0.25, 0.3) is 0 Å². The Morgan fingerprint density at radius 2 is 2.33 bits per heavy atom. The molecule has 0 aromatic rings. The summed E-state index contributed by atoms with van der Waals surface area (Å²) in [5, 5.41) is 0.497. The maximum absolute atomic E-state index is 6.15. The molecule has 2 rings (SSSR count). The Morgan fingerprint density at radius 3 is 2.56 bits per heavy atom. The Kier molecular flexibility index (Phi) is 1.11. The summed E-state index contributed by atoms with van der Waals surface area (Å²) in [5.74, 6) is 0.984. The van der Waals surface area contributed by atoms with E-state index >= 15 is 0 Å². The average molecular weight is 145 g/mol. The van der Waals surface area contributed by atoms with Crippen LogP contribution >= 0.6 is 11.6 Å². The standard InChI is InChI=1S/C8H13Cl/c1-8-3-2-6(5-8)4-7(8)9/h6-7H,2-5H2,1H3/t6-,7+,8+/m1/s1. The van der Waals surface area contributed by atoms with Gasteiger partial charge in [0.25, 0.3) is 0 Å². The van der Waals surface area contributed by atoms with Crippen LogP contribution in [0.1, 0.15) is 32.6 Å².